The zero-order chi connectivity index (χ0) is 78.2. The molecule has 4 atom stereocenters. The van der Waals surface area contributed by atoms with Crippen LogP contribution in [0.4, 0.5) is 5.69 Å². The first-order valence-electron chi connectivity index (χ1n) is 34.3. The number of amides is 4. The Hall–Kier alpha value is -8.33. The van der Waals surface area contributed by atoms with Gasteiger partial charge >= 0.3 is 69.5 Å². The first-order chi connectivity index (χ1) is 50.7. The van der Waals surface area contributed by atoms with Gasteiger partial charge in [-0.15, -0.1) is 5.10 Å². The molecule has 1 aromatic heterocycles. The number of nitrogens with zero attached hydrogens (tertiary/aromatic N) is 8. The molecule has 1 fully saturated rings. The van der Waals surface area contributed by atoms with E-state index in [9.17, 15) is 77.8 Å². The van der Waals surface area contributed by atoms with Crippen LogP contribution in [0.15, 0.2) is 48.5 Å². The van der Waals surface area contributed by atoms with Crippen molar-refractivity contribution in [2.24, 2.45) is 11.8 Å². The van der Waals surface area contributed by atoms with Gasteiger partial charge in [0.25, 0.3) is 0 Å². The fraction of sp³-hybridized carbons (Fsp3) is 0.612. The molecule has 3 unspecified atom stereocenters. The first kappa shape index (κ1) is 94.7. The van der Waals surface area contributed by atoms with Crippen molar-refractivity contribution >= 4 is 105 Å². The van der Waals surface area contributed by atoms with Crippen molar-refractivity contribution in [3.05, 3.63) is 54.1 Å². The summed E-state index contributed by atoms with van der Waals surface area (Å²) >= 11 is 0. The molecule has 2 aromatic carbocycles. The summed E-state index contributed by atoms with van der Waals surface area (Å²) < 4.78 is 46.6. The van der Waals surface area contributed by atoms with Gasteiger partial charge in [-0.1, -0.05) is 47.7 Å². The maximum atomic E-state index is 14.1. The molecule has 107 heavy (non-hydrogen) atoms. The van der Waals surface area contributed by atoms with Gasteiger partial charge < -0.3 is 89.3 Å². The van der Waals surface area contributed by atoms with Gasteiger partial charge in [0.05, 0.1) is 122 Å². The molecule has 0 bridgehead atoms. The van der Waals surface area contributed by atoms with Gasteiger partial charge in [0.15, 0.2) is 0 Å². The second-order valence-electron chi connectivity index (χ2n) is 24.4. The fourth-order valence-electron chi connectivity index (χ4n) is 10.7. The standard InChI is InChI=1S/C65H98N11O23P.2CO2.Ga.3H/c1-71-23-24-72(2)26-28-74(45-60(84)85)30-29-73(27-25-71)44-57(80)66-20-7-22-76-62-51-9-4-3-8-48(51)43-75(54-11-6-5-10-52(54)61(62)69-70-76)58(81)16-21-67-55(78)18-31-94-34-36-96-38-40-98-41-39-97-37-35-95-32-19-56(79)68-53(65(90)91)14-13-50(77)42-47(63(86)87)17-33-99-100(92,93)46-49(64(88)89)12-15-59(82)83;2*2-1-3;;;;/h3-6,8-11,47,49,53H,7,12-46H2,1-2H3,(H,66,80)(H,67,78)(H,68,79)(H,82,83)(H,84,85)(H,86,87)(H,88,89)(H,90,91)(H,92,93);;;;;;/t47?,49?,53-;;;;;;/m1....../s1/i;;;1-2;;;. The summed E-state index contributed by atoms with van der Waals surface area (Å²) in [5.41, 5.74) is 4.53. The van der Waals surface area contributed by atoms with Crippen molar-refractivity contribution in [2.45, 2.75) is 83.3 Å². The molecule has 1 saturated heterocycles. The second-order valence-corrected chi connectivity index (χ2v) is 26.3. The van der Waals surface area contributed by atoms with Crippen LogP contribution < -0.4 is 20.9 Å². The number of aryl methyl sites for hydroxylation is 1. The number of rotatable bonds is 47. The summed E-state index contributed by atoms with van der Waals surface area (Å²) in [6.45, 7) is 8.18. The van der Waals surface area contributed by atoms with Crippen LogP contribution in [0.3, 0.4) is 0 Å². The number of ether oxygens (including phenoxy) is 5. The fourth-order valence-corrected chi connectivity index (χ4v) is 12.1. The maximum absolute atomic E-state index is 14.1. The Balaban J connectivity index is 0.00000536. The Bertz CT molecular complexity index is 3380. The Morgan fingerprint density at radius 2 is 1.06 bits per heavy atom. The van der Waals surface area contributed by atoms with E-state index in [4.69, 9.17) is 52.5 Å². The van der Waals surface area contributed by atoms with Gasteiger partial charge in [-0.25, -0.2) is 9.48 Å². The van der Waals surface area contributed by atoms with Crippen molar-refractivity contribution in [3.8, 4) is 22.5 Å². The normalized spacial score (nSPS) is 14.9. The number of Topliss-reactive ketones (excluding diaryl/α,β-unsaturated/α-hetero) is 1. The number of hydrogen-bond donors (Lipinski definition) is 9. The minimum absolute atomic E-state index is 0. The number of aliphatic carboxylic acids is 5. The van der Waals surface area contributed by atoms with Crippen LogP contribution in [0, 0.1) is 11.8 Å². The topological polar surface area (TPSA) is 516 Å². The summed E-state index contributed by atoms with van der Waals surface area (Å²) in [5.74, 6) is -11.4. The van der Waals surface area contributed by atoms with Gasteiger partial charge in [-0.05, 0) is 51.4 Å². The molecule has 4 amide bonds. The van der Waals surface area contributed by atoms with Crippen LogP contribution in [-0.4, -0.2) is 334 Å². The Morgan fingerprint density at radius 3 is 1.61 bits per heavy atom. The summed E-state index contributed by atoms with van der Waals surface area (Å²) in [6.07, 6.45) is -2.79. The molecule has 40 heteroatoms. The predicted molar refractivity (Wildman–Crippen MR) is 379 cm³/mol. The number of nitrogens with one attached hydrogen (secondary N) is 3. The van der Waals surface area contributed by atoms with Crippen molar-refractivity contribution in [2.75, 3.05) is 176 Å². The van der Waals surface area contributed by atoms with Crippen LogP contribution in [-0.2, 0) is 113 Å². The van der Waals surface area contributed by atoms with E-state index < -0.39 is 112 Å². The average molecular weight is 1590 g/mol. The van der Waals surface area contributed by atoms with E-state index in [2.05, 4.69) is 48.0 Å². The Kier molecular flexibility index (Phi) is 48.1. The zero-order valence-corrected chi connectivity index (χ0v) is 60.5. The van der Waals surface area contributed by atoms with E-state index in [0.717, 1.165) is 48.6 Å². The van der Waals surface area contributed by atoms with Gasteiger partial charge in [-0.3, -0.25) is 57.5 Å². The van der Waals surface area contributed by atoms with E-state index in [0.29, 0.717) is 57.1 Å². The third-order valence-electron chi connectivity index (χ3n) is 16.4. The predicted octanol–water partition coefficient (Wildman–Crippen LogP) is -1.28. The van der Waals surface area contributed by atoms with Crippen molar-refractivity contribution in [1.29, 1.82) is 0 Å². The van der Waals surface area contributed by atoms with E-state index in [-0.39, 0.29) is 168 Å². The van der Waals surface area contributed by atoms with Gasteiger partial charge in [0.1, 0.15) is 17.5 Å². The molecule has 38 nitrogen and oxygen atoms in total. The molecular weight excluding hydrogens is 1490 g/mol. The molecule has 0 radical (unpaired) electrons. The number of ketones is 1. The van der Waals surface area contributed by atoms with E-state index in [1.165, 1.54) is 0 Å². The second kappa shape index (κ2) is 54.3. The number of carbonyl (C=O) groups is 10. The molecule has 3 aromatic rings. The number of likely N-dealkylation sites (N-methyl/N-ethyl adjacent to an activating group) is 2. The number of benzene rings is 2. The molecule has 594 valence electrons. The molecule has 9 N–H and O–H groups in total. The molecule has 0 spiro atoms. The summed E-state index contributed by atoms with van der Waals surface area (Å²) in [4.78, 5) is 175. The van der Waals surface area contributed by atoms with Crippen molar-refractivity contribution in [1.82, 2.24) is 50.5 Å². The van der Waals surface area contributed by atoms with Crippen LogP contribution in [0.2, 0.25) is 0 Å². The molecule has 0 aliphatic carbocycles. The van der Waals surface area contributed by atoms with Crippen LogP contribution in [0.25, 0.3) is 22.5 Å². The third-order valence-corrected chi connectivity index (χ3v) is 17.9. The van der Waals surface area contributed by atoms with Crippen molar-refractivity contribution < 1.29 is 130 Å². The van der Waals surface area contributed by atoms with E-state index >= 15 is 0 Å². The number of fused-ring (bicyclic) bond motifs is 5. The number of carboxylic acids is 5. The average Bonchev–Trinajstić information content (AvgIpc) is 1.69. The number of carboxylic acid groups (broad SMARTS) is 5. The summed E-state index contributed by atoms with van der Waals surface area (Å²) in [7, 11) is -0.481. The number of aromatic nitrogens is 3. The van der Waals surface area contributed by atoms with Gasteiger partial charge in [0.2, 0.25) is 23.6 Å². The number of anilines is 1. The summed E-state index contributed by atoms with van der Waals surface area (Å²) in [6, 6.07) is 13.8. The van der Waals surface area contributed by atoms with Gasteiger partial charge in [0, 0.05) is 122 Å². The van der Waals surface area contributed by atoms with Crippen LogP contribution in [0.1, 0.15) is 69.8 Å². The molecule has 5 rings (SSSR count). The summed E-state index contributed by atoms with van der Waals surface area (Å²) in [5, 5.41) is 64.2. The molecule has 3 heterocycles. The Labute approximate surface area is 630 Å². The number of carbonyl (C=O) groups excluding carboxylic acids is 9. The zero-order valence-electron chi connectivity index (χ0n) is 59.6. The SMILES string of the molecule is CN1CCN(C)CCN(CC(=O)NCCCn2nnc3c2-c2ccccc2CN(C(=O)CCNC(=O)CCOCCOCCOCCOCCOCCC(=O)N[C@H](CCC(=O)CC(CCOP(=O)(O)CC(CCC(=O)O)C(=O)O)C(=O)O)C(=O)O)c2ccccc2-3)CCN(CC(=O)O)CC1.O=C=O.O=C=O.[68GaH3]. The van der Waals surface area contributed by atoms with E-state index in [1.54, 1.807) is 4.90 Å². The van der Waals surface area contributed by atoms with Gasteiger partial charge in [-0.2, -0.15) is 19.2 Å². The molecular formula is C67H101GaN11O27P. The molecule has 0 saturated carbocycles. The Morgan fingerprint density at radius 1 is 0.551 bits per heavy atom. The first-order valence-corrected chi connectivity index (χ1v) is 36.0. The number of para-hydroxylation sites is 1. The third kappa shape index (κ3) is 39.9. The quantitative estimate of drug-likeness (QED) is 0.0181. The van der Waals surface area contributed by atoms with E-state index in [1.807, 2.05) is 65.2 Å². The van der Waals surface area contributed by atoms with Crippen LogP contribution in [0.5, 0.6) is 0 Å². The molecule has 2 aliphatic rings. The number of hydrogen-bond acceptors (Lipinski definition) is 27. The monoisotopic (exact) mass is 1590 g/mol. The van der Waals surface area contributed by atoms with Crippen molar-refractivity contribution in [3.63, 3.8) is 0 Å². The molecule has 2 aliphatic heterocycles. The van der Waals surface area contributed by atoms with Crippen LogP contribution >= 0.6 is 7.60 Å². The minimum atomic E-state index is -4.59.